The Morgan fingerprint density at radius 3 is 2.62 bits per heavy atom. The maximum Gasteiger partial charge on any atom is 0.0354 e. The fraction of sp³-hybridized carbons (Fsp3) is 0.429. The van der Waals surface area contributed by atoms with Crippen molar-refractivity contribution >= 4 is 15.9 Å². The number of nitrogens with one attached hydrogen (secondary N) is 1. The molecule has 1 N–H and O–H groups in total. The predicted octanol–water partition coefficient (Wildman–Crippen LogP) is 4.46. The molecule has 0 aliphatic heterocycles. The lowest BCUT2D eigenvalue weighted by molar-refractivity contribution is 0.525. The molecule has 1 rings (SSSR count). The fourth-order valence-corrected chi connectivity index (χ4v) is 1.92. The summed E-state index contributed by atoms with van der Waals surface area (Å²) in [5.41, 5.74) is 1.33. The molecule has 0 aliphatic rings. The normalized spacial score (nSPS) is 12.4. The SMILES string of the molecule is C=CCC(NCCCC)c1ccc(Br)cc1. The molecule has 88 valence electrons. The van der Waals surface area contributed by atoms with Gasteiger partial charge in [-0.25, -0.2) is 0 Å². The highest BCUT2D eigenvalue weighted by Crippen LogP contribution is 2.19. The minimum absolute atomic E-state index is 0.400. The molecule has 0 fully saturated rings. The summed E-state index contributed by atoms with van der Waals surface area (Å²) in [5.74, 6) is 0. The molecule has 0 bridgehead atoms. The third kappa shape index (κ3) is 4.50. The summed E-state index contributed by atoms with van der Waals surface area (Å²) in [6.07, 6.45) is 5.41. The van der Waals surface area contributed by atoms with E-state index >= 15 is 0 Å². The number of halogens is 1. The zero-order chi connectivity index (χ0) is 11.8. The Balaban J connectivity index is 2.61. The molecule has 0 spiro atoms. The van der Waals surface area contributed by atoms with Crippen molar-refractivity contribution in [2.24, 2.45) is 0 Å². The largest absolute Gasteiger partial charge is 0.310 e. The predicted molar refractivity (Wildman–Crippen MR) is 74.6 cm³/mol. The Bertz CT molecular complexity index is 305. The van der Waals surface area contributed by atoms with Crippen LogP contribution in [0.5, 0.6) is 0 Å². The second kappa shape index (κ2) is 7.64. The van der Waals surface area contributed by atoms with Gasteiger partial charge in [-0.3, -0.25) is 0 Å². The number of hydrogen-bond donors (Lipinski definition) is 1. The molecular weight excluding hydrogens is 262 g/mol. The molecule has 1 nitrogen and oxygen atoms in total. The zero-order valence-electron chi connectivity index (χ0n) is 9.88. The molecule has 0 radical (unpaired) electrons. The van der Waals surface area contributed by atoms with Gasteiger partial charge in [-0.2, -0.15) is 0 Å². The maximum atomic E-state index is 3.82. The summed E-state index contributed by atoms with van der Waals surface area (Å²) in [6, 6.07) is 8.91. The Labute approximate surface area is 107 Å². The van der Waals surface area contributed by atoms with Gasteiger partial charge in [0, 0.05) is 10.5 Å². The van der Waals surface area contributed by atoms with Gasteiger partial charge in [-0.1, -0.05) is 47.5 Å². The van der Waals surface area contributed by atoms with Crippen LogP contribution in [0.15, 0.2) is 41.4 Å². The molecule has 0 amide bonds. The van der Waals surface area contributed by atoms with E-state index in [1.807, 2.05) is 6.08 Å². The minimum Gasteiger partial charge on any atom is -0.310 e. The standard InChI is InChI=1S/C14H20BrN/c1-3-5-11-16-14(6-4-2)12-7-9-13(15)10-8-12/h4,7-10,14,16H,2-3,5-6,11H2,1H3. The first-order chi connectivity index (χ1) is 7.77. The van der Waals surface area contributed by atoms with E-state index in [-0.39, 0.29) is 0 Å². The summed E-state index contributed by atoms with van der Waals surface area (Å²) in [5, 5.41) is 3.57. The maximum absolute atomic E-state index is 3.82. The number of rotatable bonds is 7. The van der Waals surface area contributed by atoms with Crippen LogP contribution in [-0.2, 0) is 0 Å². The molecule has 16 heavy (non-hydrogen) atoms. The van der Waals surface area contributed by atoms with Gasteiger partial charge in [-0.15, -0.1) is 6.58 Å². The minimum atomic E-state index is 0.400. The van der Waals surface area contributed by atoms with Crippen LogP contribution in [0.3, 0.4) is 0 Å². The lowest BCUT2D eigenvalue weighted by atomic mass is 10.0. The Hall–Kier alpha value is -0.600. The summed E-state index contributed by atoms with van der Waals surface area (Å²) in [4.78, 5) is 0. The van der Waals surface area contributed by atoms with Crippen molar-refractivity contribution in [2.45, 2.75) is 32.2 Å². The van der Waals surface area contributed by atoms with E-state index in [4.69, 9.17) is 0 Å². The number of unbranched alkanes of at least 4 members (excludes halogenated alkanes) is 1. The highest BCUT2D eigenvalue weighted by atomic mass is 79.9. The smallest absolute Gasteiger partial charge is 0.0354 e. The fourth-order valence-electron chi connectivity index (χ4n) is 1.65. The van der Waals surface area contributed by atoms with Crippen molar-refractivity contribution < 1.29 is 0 Å². The molecule has 0 aromatic heterocycles. The summed E-state index contributed by atoms with van der Waals surface area (Å²) in [6.45, 7) is 7.11. The first-order valence-electron chi connectivity index (χ1n) is 5.87. The van der Waals surface area contributed by atoms with Gasteiger partial charge in [0.2, 0.25) is 0 Å². The second-order valence-corrected chi connectivity index (χ2v) is 4.85. The van der Waals surface area contributed by atoms with E-state index in [9.17, 15) is 0 Å². The van der Waals surface area contributed by atoms with Crippen molar-refractivity contribution in [3.05, 3.63) is 47.0 Å². The van der Waals surface area contributed by atoms with E-state index < -0.39 is 0 Å². The molecule has 1 unspecified atom stereocenters. The van der Waals surface area contributed by atoms with Crippen molar-refractivity contribution in [1.82, 2.24) is 5.32 Å². The highest BCUT2D eigenvalue weighted by Gasteiger charge is 2.08. The summed E-state index contributed by atoms with van der Waals surface area (Å²) >= 11 is 3.46. The Kier molecular flexibility index (Phi) is 6.43. The van der Waals surface area contributed by atoms with Crippen molar-refractivity contribution in [3.8, 4) is 0 Å². The van der Waals surface area contributed by atoms with Gasteiger partial charge < -0.3 is 5.32 Å². The van der Waals surface area contributed by atoms with Gasteiger partial charge >= 0.3 is 0 Å². The van der Waals surface area contributed by atoms with Gasteiger partial charge in [0.15, 0.2) is 0 Å². The lowest BCUT2D eigenvalue weighted by Gasteiger charge is -2.17. The molecule has 1 atom stereocenters. The second-order valence-electron chi connectivity index (χ2n) is 3.94. The monoisotopic (exact) mass is 281 g/mol. The number of benzene rings is 1. The van der Waals surface area contributed by atoms with E-state index in [0.717, 1.165) is 17.4 Å². The zero-order valence-corrected chi connectivity index (χ0v) is 11.5. The van der Waals surface area contributed by atoms with E-state index in [1.54, 1.807) is 0 Å². The van der Waals surface area contributed by atoms with Crippen LogP contribution in [0.4, 0.5) is 0 Å². The number of hydrogen-bond acceptors (Lipinski definition) is 1. The molecule has 0 heterocycles. The van der Waals surface area contributed by atoms with Crippen molar-refractivity contribution in [1.29, 1.82) is 0 Å². The van der Waals surface area contributed by atoms with E-state index in [1.165, 1.54) is 18.4 Å². The van der Waals surface area contributed by atoms with Crippen LogP contribution in [0.1, 0.15) is 37.8 Å². The first-order valence-corrected chi connectivity index (χ1v) is 6.67. The first kappa shape index (κ1) is 13.5. The molecule has 1 aromatic carbocycles. The average Bonchev–Trinajstić information content (AvgIpc) is 2.29. The van der Waals surface area contributed by atoms with Crippen LogP contribution < -0.4 is 5.32 Å². The van der Waals surface area contributed by atoms with Gasteiger partial charge in [0.05, 0.1) is 0 Å². The Morgan fingerprint density at radius 1 is 1.38 bits per heavy atom. The van der Waals surface area contributed by atoms with Gasteiger partial charge in [0.25, 0.3) is 0 Å². The van der Waals surface area contributed by atoms with Crippen molar-refractivity contribution in [2.75, 3.05) is 6.54 Å². The third-order valence-corrected chi connectivity index (χ3v) is 3.12. The molecule has 2 heteroatoms. The topological polar surface area (TPSA) is 12.0 Å². The van der Waals surface area contributed by atoms with Crippen LogP contribution in [0.2, 0.25) is 0 Å². The van der Waals surface area contributed by atoms with Crippen LogP contribution in [0.25, 0.3) is 0 Å². The quantitative estimate of drug-likeness (QED) is 0.575. The van der Waals surface area contributed by atoms with Crippen LogP contribution in [-0.4, -0.2) is 6.54 Å². The molecule has 0 aliphatic carbocycles. The molecule has 0 saturated heterocycles. The highest BCUT2D eigenvalue weighted by molar-refractivity contribution is 9.10. The molecule has 0 saturated carbocycles. The third-order valence-electron chi connectivity index (χ3n) is 2.60. The Morgan fingerprint density at radius 2 is 2.06 bits per heavy atom. The van der Waals surface area contributed by atoms with E-state index in [2.05, 4.69) is 59.0 Å². The lowest BCUT2D eigenvalue weighted by Crippen LogP contribution is -2.21. The van der Waals surface area contributed by atoms with Crippen LogP contribution >= 0.6 is 15.9 Å². The summed E-state index contributed by atoms with van der Waals surface area (Å²) in [7, 11) is 0. The van der Waals surface area contributed by atoms with Crippen LogP contribution in [0, 0.1) is 0 Å². The molecule has 1 aromatic rings. The summed E-state index contributed by atoms with van der Waals surface area (Å²) < 4.78 is 1.13. The molecular formula is C14H20BrN. The van der Waals surface area contributed by atoms with Crippen molar-refractivity contribution in [3.63, 3.8) is 0 Å². The van der Waals surface area contributed by atoms with Gasteiger partial charge in [0.1, 0.15) is 0 Å². The van der Waals surface area contributed by atoms with E-state index in [0.29, 0.717) is 6.04 Å². The van der Waals surface area contributed by atoms with Gasteiger partial charge in [-0.05, 0) is 37.1 Å². The average molecular weight is 282 g/mol.